The largest absolute Gasteiger partial charge is 0.355 e. The molecule has 0 aliphatic heterocycles. The van der Waals surface area contributed by atoms with E-state index in [-0.39, 0.29) is 0 Å². The van der Waals surface area contributed by atoms with Crippen LogP contribution in [0.25, 0.3) is 0 Å². The van der Waals surface area contributed by atoms with E-state index >= 15 is 0 Å². The lowest BCUT2D eigenvalue weighted by atomic mass is 10.3. The number of halogens is 2. The third kappa shape index (κ3) is 2.95. The number of rotatable bonds is 2. The third-order valence-corrected chi connectivity index (χ3v) is 3.41. The molecule has 0 aromatic heterocycles. The van der Waals surface area contributed by atoms with Crippen LogP contribution in [0, 0.1) is 3.57 Å². The molecule has 2 aromatic rings. The van der Waals surface area contributed by atoms with Crippen molar-refractivity contribution in [2.24, 2.45) is 0 Å². The van der Waals surface area contributed by atoms with Gasteiger partial charge in [-0.25, -0.2) is 0 Å². The second kappa shape index (κ2) is 4.99. The zero-order valence-electron chi connectivity index (χ0n) is 7.87. The zero-order valence-corrected chi connectivity index (χ0v) is 11.6. The Morgan fingerprint density at radius 1 is 1.00 bits per heavy atom. The molecule has 1 nitrogen and oxygen atoms in total. The molecule has 0 atom stereocenters. The van der Waals surface area contributed by atoms with Crippen LogP contribution in [0.15, 0.2) is 53.0 Å². The fourth-order valence-electron chi connectivity index (χ4n) is 1.28. The number of hydrogen-bond acceptors (Lipinski definition) is 1. The molecule has 0 heterocycles. The average molecular weight is 374 g/mol. The maximum absolute atomic E-state index is 3.45. The van der Waals surface area contributed by atoms with E-state index in [2.05, 4.69) is 62.0 Å². The highest BCUT2D eigenvalue weighted by Gasteiger charge is 1.98. The first-order chi connectivity index (χ1) is 7.25. The molecule has 0 bridgehead atoms. The van der Waals surface area contributed by atoms with Crippen LogP contribution in [-0.2, 0) is 0 Å². The predicted octanol–water partition coefficient (Wildman–Crippen LogP) is 4.80. The van der Waals surface area contributed by atoms with Crippen molar-refractivity contribution < 1.29 is 0 Å². The minimum Gasteiger partial charge on any atom is -0.355 e. The summed E-state index contributed by atoms with van der Waals surface area (Å²) in [5.74, 6) is 0. The maximum Gasteiger partial charge on any atom is 0.0519 e. The fourth-order valence-corrected chi connectivity index (χ4v) is 2.21. The summed E-state index contributed by atoms with van der Waals surface area (Å²) in [5.41, 5.74) is 2.23. The molecular formula is C12H9BrIN. The summed E-state index contributed by atoms with van der Waals surface area (Å²) in [7, 11) is 0. The number of nitrogens with one attached hydrogen (secondary N) is 1. The van der Waals surface area contributed by atoms with Crippen molar-refractivity contribution in [2.45, 2.75) is 0 Å². The van der Waals surface area contributed by atoms with Gasteiger partial charge in [0.1, 0.15) is 0 Å². The number of benzene rings is 2. The summed E-state index contributed by atoms with van der Waals surface area (Å²) >= 11 is 5.77. The van der Waals surface area contributed by atoms with E-state index in [1.54, 1.807) is 0 Å². The van der Waals surface area contributed by atoms with Gasteiger partial charge < -0.3 is 5.32 Å². The lowest BCUT2D eigenvalue weighted by molar-refractivity contribution is 1.51. The van der Waals surface area contributed by atoms with Gasteiger partial charge in [-0.3, -0.25) is 0 Å². The van der Waals surface area contributed by atoms with E-state index in [1.165, 1.54) is 3.57 Å². The molecule has 0 amide bonds. The Labute approximate surface area is 111 Å². The number of hydrogen-bond donors (Lipinski definition) is 1. The van der Waals surface area contributed by atoms with Gasteiger partial charge in [0.2, 0.25) is 0 Å². The van der Waals surface area contributed by atoms with E-state index in [0.29, 0.717) is 0 Å². The first kappa shape index (κ1) is 11.0. The van der Waals surface area contributed by atoms with Gasteiger partial charge in [0.15, 0.2) is 0 Å². The van der Waals surface area contributed by atoms with Crippen molar-refractivity contribution in [2.75, 3.05) is 5.32 Å². The Morgan fingerprint density at radius 2 is 1.80 bits per heavy atom. The Balaban J connectivity index is 2.26. The molecule has 0 radical (unpaired) electrons. The molecule has 1 N–H and O–H groups in total. The van der Waals surface area contributed by atoms with Gasteiger partial charge in [-0.15, -0.1) is 0 Å². The van der Waals surface area contributed by atoms with Crippen molar-refractivity contribution in [1.29, 1.82) is 0 Å². The monoisotopic (exact) mass is 373 g/mol. The van der Waals surface area contributed by atoms with Crippen LogP contribution in [0.3, 0.4) is 0 Å². The smallest absolute Gasteiger partial charge is 0.0519 e. The van der Waals surface area contributed by atoms with Crippen LogP contribution in [0.4, 0.5) is 11.4 Å². The van der Waals surface area contributed by atoms with Crippen LogP contribution < -0.4 is 5.32 Å². The molecule has 2 rings (SSSR count). The summed E-state index contributed by atoms with van der Waals surface area (Å²) in [6.07, 6.45) is 0. The Kier molecular flexibility index (Phi) is 3.64. The molecule has 0 aliphatic carbocycles. The highest BCUT2D eigenvalue weighted by atomic mass is 127. The van der Waals surface area contributed by atoms with Crippen LogP contribution in [-0.4, -0.2) is 0 Å². The number of para-hydroxylation sites is 1. The van der Waals surface area contributed by atoms with Gasteiger partial charge in [0.05, 0.1) is 5.69 Å². The SMILES string of the molecule is Brc1cccc(Nc2ccccc2I)c1. The topological polar surface area (TPSA) is 12.0 Å². The van der Waals surface area contributed by atoms with Crippen molar-refractivity contribution in [1.82, 2.24) is 0 Å². The molecular weight excluding hydrogens is 365 g/mol. The Hall–Kier alpha value is -0.550. The van der Waals surface area contributed by atoms with Crippen molar-refractivity contribution in [3.8, 4) is 0 Å². The highest BCUT2D eigenvalue weighted by molar-refractivity contribution is 14.1. The second-order valence-corrected chi connectivity index (χ2v) is 5.19. The first-order valence-corrected chi connectivity index (χ1v) is 6.40. The Morgan fingerprint density at radius 3 is 2.53 bits per heavy atom. The average Bonchev–Trinajstić information content (AvgIpc) is 2.22. The summed E-state index contributed by atoms with van der Waals surface area (Å²) < 4.78 is 2.30. The van der Waals surface area contributed by atoms with Gasteiger partial charge in [0.25, 0.3) is 0 Å². The quantitative estimate of drug-likeness (QED) is 0.745. The molecule has 15 heavy (non-hydrogen) atoms. The van der Waals surface area contributed by atoms with E-state index in [1.807, 2.05) is 30.3 Å². The first-order valence-electron chi connectivity index (χ1n) is 4.53. The number of anilines is 2. The van der Waals surface area contributed by atoms with Gasteiger partial charge in [-0.05, 0) is 52.9 Å². The van der Waals surface area contributed by atoms with E-state index in [9.17, 15) is 0 Å². The summed E-state index contributed by atoms with van der Waals surface area (Å²) in [6.45, 7) is 0. The minimum atomic E-state index is 1.08. The molecule has 0 spiro atoms. The van der Waals surface area contributed by atoms with Crippen molar-refractivity contribution in [3.05, 3.63) is 56.6 Å². The molecule has 0 aliphatic rings. The van der Waals surface area contributed by atoms with Gasteiger partial charge >= 0.3 is 0 Å². The van der Waals surface area contributed by atoms with Crippen molar-refractivity contribution in [3.63, 3.8) is 0 Å². The summed E-state index contributed by atoms with van der Waals surface area (Å²) in [5, 5.41) is 3.38. The van der Waals surface area contributed by atoms with Crippen LogP contribution in [0.5, 0.6) is 0 Å². The second-order valence-electron chi connectivity index (χ2n) is 3.12. The molecule has 0 saturated carbocycles. The highest BCUT2D eigenvalue weighted by Crippen LogP contribution is 2.23. The van der Waals surface area contributed by atoms with E-state index < -0.39 is 0 Å². The predicted molar refractivity (Wildman–Crippen MR) is 76.6 cm³/mol. The Bertz CT molecular complexity index is 471. The summed E-state index contributed by atoms with van der Waals surface area (Å²) in [6, 6.07) is 16.4. The standard InChI is InChI=1S/C12H9BrIN/c13-9-4-3-5-10(8-9)15-12-7-2-1-6-11(12)14/h1-8,15H. The molecule has 0 unspecified atom stereocenters. The van der Waals surface area contributed by atoms with E-state index in [4.69, 9.17) is 0 Å². The van der Waals surface area contributed by atoms with Gasteiger partial charge in [-0.1, -0.05) is 34.1 Å². The fraction of sp³-hybridized carbons (Fsp3) is 0. The zero-order chi connectivity index (χ0) is 10.7. The van der Waals surface area contributed by atoms with Gasteiger partial charge in [-0.2, -0.15) is 0 Å². The van der Waals surface area contributed by atoms with Crippen LogP contribution in [0.2, 0.25) is 0 Å². The van der Waals surface area contributed by atoms with Crippen molar-refractivity contribution >= 4 is 49.9 Å². The van der Waals surface area contributed by atoms with E-state index in [0.717, 1.165) is 15.8 Å². The van der Waals surface area contributed by atoms with Crippen LogP contribution >= 0.6 is 38.5 Å². The minimum absolute atomic E-state index is 1.08. The normalized spacial score (nSPS) is 10.0. The molecule has 0 saturated heterocycles. The lowest BCUT2D eigenvalue weighted by Gasteiger charge is -2.08. The molecule has 3 heteroatoms. The summed E-state index contributed by atoms with van der Waals surface area (Å²) in [4.78, 5) is 0. The maximum atomic E-state index is 3.45. The third-order valence-electron chi connectivity index (χ3n) is 1.98. The van der Waals surface area contributed by atoms with Crippen LogP contribution in [0.1, 0.15) is 0 Å². The molecule has 2 aromatic carbocycles. The molecule has 76 valence electrons. The van der Waals surface area contributed by atoms with Gasteiger partial charge in [0, 0.05) is 13.7 Å². The lowest BCUT2D eigenvalue weighted by Crippen LogP contribution is -1.91. The molecule has 0 fully saturated rings.